The van der Waals surface area contributed by atoms with Crippen molar-refractivity contribution in [2.24, 2.45) is 5.73 Å². The van der Waals surface area contributed by atoms with Crippen LogP contribution in [-0.4, -0.2) is 10.7 Å². The summed E-state index contributed by atoms with van der Waals surface area (Å²) in [5.74, 6) is 0.660. The molecule has 0 aliphatic rings. The first-order valence-electron chi connectivity index (χ1n) is 8.35. The number of hydrogen-bond acceptors (Lipinski definition) is 5. The van der Waals surface area contributed by atoms with E-state index >= 15 is 0 Å². The summed E-state index contributed by atoms with van der Waals surface area (Å²) >= 11 is 0. The second-order valence-corrected chi connectivity index (χ2v) is 5.82. The standard InChI is InChI=1S/C22H18N4O/c23-13-16-4-6-17(7-5-16)15-27-20-3-1-2-19(12-20)22(25)21(14-24)18-8-10-26-11-9-18/h1-12,14,25H,15,24H2/b21-14-,25-22?. The highest BCUT2D eigenvalue weighted by molar-refractivity contribution is 6.30. The van der Waals surface area contributed by atoms with Crippen LogP contribution in [0.2, 0.25) is 0 Å². The van der Waals surface area contributed by atoms with Crippen molar-refractivity contribution in [2.45, 2.75) is 6.61 Å². The lowest BCUT2D eigenvalue weighted by molar-refractivity contribution is 0.306. The number of ether oxygens (including phenoxy) is 1. The monoisotopic (exact) mass is 354 g/mol. The molecule has 5 nitrogen and oxygen atoms in total. The minimum absolute atomic E-state index is 0.313. The highest BCUT2D eigenvalue weighted by Gasteiger charge is 2.11. The molecule has 0 unspecified atom stereocenters. The van der Waals surface area contributed by atoms with E-state index < -0.39 is 0 Å². The van der Waals surface area contributed by atoms with Gasteiger partial charge in [-0.1, -0.05) is 24.3 Å². The Bertz CT molecular complexity index is 1000. The predicted molar refractivity (Wildman–Crippen MR) is 105 cm³/mol. The third-order valence-corrected chi connectivity index (χ3v) is 4.04. The van der Waals surface area contributed by atoms with Crippen molar-refractivity contribution in [1.29, 1.82) is 10.7 Å². The molecule has 0 atom stereocenters. The zero-order valence-electron chi connectivity index (χ0n) is 14.6. The summed E-state index contributed by atoms with van der Waals surface area (Å²) in [5.41, 5.74) is 9.83. The summed E-state index contributed by atoms with van der Waals surface area (Å²) in [6.07, 6.45) is 4.77. The number of hydrogen-bond donors (Lipinski definition) is 2. The molecule has 0 saturated heterocycles. The van der Waals surface area contributed by atoms with Crippen LogP contribution in [0.25, 0.3) is 5.57 Å². The summed E-state index contributed by atoms with van der Waals surface area (Å²) < 4.78 is 5.84. The molecule has 1 aromatic heterocycles. The average molecular weight is 354 g/mol. The number of nitrogens with one attached hydrogen (secondary N) is 1. The molecule has 1 heterocycles. The van der Waals surface area contributed by atoms with Crippen LogP contribution in [0.15, 0.2) is 79.3 Å². The Balaban J connectivity index is 1.74. The first-order chi connectivity index (χ1) is 13.2. The molecule has 0 aliphatic heterocycles. The van der Waals surface area contributed by atoms with E-state index in [2.05, 4.69) is 11.1 Å². The highest BCUT2D eigenvalue weighted by atomic mass is 16.5. The number of nitrogens with zero attached hydrogens (tertiary/aromatic N) is 2. The van der Waals surface area contributed by atoms with Gasteiger partial charge in [-0.3, -0.25) is 10.4 Å². The number of pyridine rings is 1. The van der Waals surface area contributed by atoms with Crippen LogP contribution in [0.3, 0.4) is 0 Å². The van der Waals surface area contributed by atoms with Gasteiger partial charge in [0, 0.05) is 29.7 Å². The van der Waals surface area contributed by atoms with Crippen molar-refractivity contribution in [3.63, 3.8) is 0 Å². The van der Waals surface area contributed by atoms with E-state index in [9.17, 15) is 0 Å². The van der Waals surface area contributed by atoms with Crippen molar-refractivity contribution < 1.29 is 4.74 Å². The normalized spacial score (nSPS) is 10.9. The van der Waals surface area contributed by atoms with Gasteiger partial charge in [0.1, 0.15) is 12.4 Å². The molecule has 0 spiro atoms. The zero-order chi connectivity index (χ0) is 19.1. The maximum Gasteiger partial charge on any atom is 0.120 e. The molecule has 3 rings (SSSR count). The summed E-state index contributed by atoms with van der Waals surface area (Å²) in [6, 6.07) is 20.3. The van der Waals surface area contributed by atoms with Gasteiger partial charge in [-0.15, -0.1) is 0 Å². The van der Waals surface area contributed by atoms with Crippen LogP contribution in [0, 0.1) is 16.7 Å². The van der Waals surface area contributed by atoms with E-state index in [1.807, 2.05) is 48.5 Å². The van der Waals surface area contributed by atoms with Gasteiger partial charge in [0.15, 0.2) is 0 Å². The number of benzene rings is 2. The summed E-state index contributed by atoms with van der Waals surface area (Å²) in [6.45, 7) is 0.381. The molecule has 5 heteroatoms. The Morgan fingerprint density at radius 1 is 1.07 bits per heavy atom. The van der Waals surface area contributed by atoms with Crippen LogP contribution in [0.4, 0.5) is 0 Å². The minimum atomic E-state index is 0.313. The van der Waals surface area contributed by atoms with Crippen molar-refractivity contribution in [1.82, 2.24) is 4.98 Å². The number of rotatable bonds is 6. The first kappa shape index (κ1) is 17.9. The molecule has 0 amide bonds. The highest BCUT2D eigenvalue weighted by Crippen LogP contribution is 2.22. The molecule has 2 aromatic carbocycles. The quantitative estimate of drug-likeness (QED) is 0.656. The maximum absolute atomic E-state index is 8.85. The van der Waals surface area contributed by atoms with Crippen LogP contribution < -0.4 is 10.5 Å². The molecule has 0 fully saturated rings. The first-order valence-corrected chi connectivity index (χ1v) is 8.35. The van der Waals surface area contributed by atoms with E-state index in [0.717, 1.165) is 11.1 Å². The SMILES string of the molecule is N#Cc1ccc(COc2cccc(C(=N)/C(=C\N)c3ccncc3)c2)cc1. The lowest BCUT2D eigenvalue weighted by Gasteiger charge is -2.11. The second kappa shape index (κ2) is 8.45. The Kier molecular flexibility index (Phi) is 5.60. The lowest BCUT2D eigenvalue weighted by Crippen LogP contribution is -2.06. The van der Waals surface area contributed by atoms with E-state index in [-0.39, 0.29) is 0 Å². The predicted octanol–water partition coefficient (Wildman–Crippen LogP) is 3.90. The Hall–Kier alpha value is -3.91. The summed E-state index contributed by atoms with van der Waals surface area (Å²) in [7, 11) is 0. The van der Waals surface area contributed by atoms with E-state index in [4.69, 9.17) is 21.1 Å². The lowest BCUT2D eigenvalue weighted by atomic mass is 9.97. The third-order valence-electron chi connectivity index (χ3n) is 4.04. The third kappa shape index (κ3) is 4.39. The van der Waals surface area contributed by atoms with E-state index in [0.29, 0.717) is 34.8 Å². The molecule has 27 heavy (non-hydrogen) atoms. The molecular formula is C22H18N4O. The van der Waals surface area contributed by atoms with Gasteiger partial charge < -0.3 is 10.5 Å². The number of aromatic nitrogens is 1. The second-order valence-electron chi connectivity index (χ2n) is 5.82. The molecule has 0 bridgehead atoms. The number of nitriles is 1. The molecular weight excluding hydrogens is 336 g/mol. The molecule has 132 valence electrons. The van der Waals surface area contributed by atoms with Crippen LogP contribution in [0.1, 0.15) is 22.3 Å². The maximum atomic E-state index is 8.85. The fraction of sp³-hybridized carbons (Fsp3) is 0.0455. The van der Waals surface area contributed by atoms with Gasteiger partial charge >= 0.3 is 0 Å². The van der Waals surface area contributed by atoms with Gasteiger partial charge in [0.25, 0.3) is 0 Å². The fourth-order valence-corrected chi connectivity index (χ4v) is 2.59. The van der Waals surface area contributed by atoms with Crippen LogP contribution in [0.5, 0.6) is 5.75 Å². The van der Waals surface area contributed by atoms with E-state index in [1.54, 1.807) is 24.5 Å². The molecule has 0 radical (unpaired) electrons. The number of nitrogens with two attached hydrogens (primary N) is 1. The topological polar surface area (TPSA) is 95.8 Å². The Morgan fingerprint density at radius 3 is 2.48 bits per heavy atom. The van der Waals surface area contributed by atoms with Gasteiger partial charge in [0.2, 0.25) is 0 Å². The Morgan fingerprint density at radius 2 is 1.81 bits per heavy atom. The Labute approximate surface area is 157 Å². The van der Waals surface area contributed by atoms with Crippen molar-refractivity contribution >= 4 is 11.3 Å². The molecule has 3 aromatic rings. The van der Waals surface area contributed by atoms with Crippen LogP contribution in [-0.2, 0) is 6.61 Å². The number of allylic oxidation sites excluding steroid dienone is 1. The zero-order valence-corrected chi connectivity index (χ0v) is 14.6. The largest absolute Gasteiger partial charge is 0.489 e. The van der Waals surface area contributed by atoms with E-state index in [1.165, 1.54) is 6.20 Å². The van der Waals surface area contributed by atoms with Crippen molar-refractivity contribution in [3.05, 3.63) is 102 Å². The van der Waals surface area contributed by atoms with Crippen molar-refractivity contribution in [3.8, 4) is 11.8 Å². The van der Waals surface area contributed by atoms with Crippen molar-refractivity contribution in [2.75, 3.05) is 0 Å². The molecule has 3 N–H and O–H groups in total. The molecule has 0 saturated carbocycles. The summed E-state index contributed by atoms with van der Waals surface area (Å²) in [5, 5.41) is 17.4. The average Bonchev–Trinajstić information content (AvgIpc) is 2.74. The van der Waals surface area contributed by atoms with Crippen LogP contribution >= 0.6 is 0 Å². The van der Waals surface area contributed by atoms with Gasteiger partial charge in [-0.25, -0.2) is 0 Å². The van der Waals surface area contributed by atoms with Gasteiger partial charge in [-0.05, 0) is 47.5 Å². The minimum Gasteiger partial charge on any atom is -0.489 e. The van der Waals surface area contributed by atoms with Gasteiger partial charge in [-0.2, -0.15) is 5.26 Å². The fourth-order valence-electron chi connectivity index (χ4n) is 2.59. The summed E-state index contributed by atoms with van der Waals surface area (Å²) in [4.78, 5) is 4.00. The molecule has 0 aliphatic carbocycles. The smallest absolute Gasteiger partial charge is 0.120 e. The van der Waals surface area contributed by atoms with Gasteiger partial charge in [0.05, 0.1) is 17.3 Å².